The molecule has 2 atom stereocenters. The zero-order valence-corrected chi connectivity index (χ0v) is 10.7. The van der Waals surface area contributed by atoms with E-state index in [2.05, 4.69) is 13.5 Å². The molecule has 2 saturated heterocycles. The number of esters is 2. The molecule has 0 aliphatic carbocycles. The SMILES string of the molecule is O=C1OCCC1OP(=O)(OCl)OC1CCOC1=O. The lowest BCUT2D eigenvalue weighted by Gasteiger charge is -2.18. The topological polar surface area (TPSA) is 97.4 Å². The van der Waals surface area contributed by atoms with Crippen molar-refractivity contribution in [3.63, 3.8) is 0 Å². The van der Waals surface area contributed by atoms with E-state index >= 15 is 0 Å². The quantitative estimate of drug-likeness (QED) is 0.546. The molecule has 102 valence electrons. The third-order valence-corrected chi connectivity index (χ3v) is 4.07. The van der Waals surface area contributed by atoms with E-state index in [-0.39, 0.29) is 26.1 Å². The Bertz CT molecular complexity index is 367. The van der Waals surface area contributed by atoms with Crippen molar-refractivity contribution in [2.24, 2.45) is 0 Å². The van der Waals surface area contributed by atoms with Crippen molar-refractivity contribution < 1.29 is 36.8 Å². The number of phosphoric acid groups is 1. The van der Waals surface area contributed by atoms with Crippen LogP contribution >= 0.6 is 19.7 Å². The van der Waals surface area contributed by atoms with E-state index in [4.69, 9.17) is 20.9 Å². The molecule has 2 heterocycles. The summed E-state index contributed by atoms with van der Waals surface area (Å²) in [6.07, 6.45) is -1.73. The van der Waals surface area contributed by atoms with Crippen molar-refractivity contribution in [3.8, 4) is 0 Å². The van der Waals surface area contributed by atoms with E-state index in [0.29, 0.717) is 0 Å². The van der Waals surface area contributed by atoms with Crippen LogP contribution in [0.25, 0.3) is 0 Å². The second kappa shape index (κ2) is 5.54. The minimum absolute atomic E-state index is 0.150. The summed E-state index contributed by atoms with van der Waals surface area (Å²) in [6.45, 7) is 0.300. The monoisotopic (exact) mass is 300 g/mol. The molecule has 0 radical (unpaired) electrons. The third kappa shape index (κ3) is 3.02. The summed E-state index contributed by atoms with van der Waals surface area (Å²) in [6, 6.07) is 0. The van der Waals surface area contributed by atoms with Gasteiger partial charge in [-0.1, -0.05) is 0 Å². The van der Waals surface area contributed by atoms with E-state index in [1.807, 2.05) is 0 Å². The number of carbonyl (C=O) groups excluding carboxylic acids is 2. The first-order valence-electron chi connectivity index (χ1n) is 5.14. The molecular formula is C8H10ClO8P. The van der Waals surface area contributed by atoms with E-state index in [9.17, 15) is 14.2 Å². The standard InChI is InChI=1S/C8H10ClO8P/c9-17-18(12,15-5-1-3-13-7(5)10)16-6-2-4-14-8(6)11/h5-6H,1-4H2. The molecule has 10 heteroatoms. The van der Waals surface area contributed by atoms with Gasteiger partial charge in [0.05, 0.1) is 25.1 Å². The minimum atomic E-state index is -4.21. The highest BCUT2D eigenvalue weighted by Gasteiger charge is 2.43. The lowest BCUT2D eigenvalue weighted by molar-refractivity contribution is -0.145. The van der Waals surface area contributed by atoms with Gasteiger partial charge in [-0.2, -0.15) is 4.08 Å². The highest BCUT2D eigenvalue weighted by atomic mass is 35.5. The first-order chi connectivity index (χ1) is 8.54. The van der Waals surface area contributed by atoms with E-state index < -0.39 is 32.0 Å². The van der Waals surface area contributed by atoms with Crippen LogP contribution in [0.1, 0.15) is 12.8 Å². The van der Waals surface area contributed by atoms with Gasteiger partial charge in [-0.15, -0.1) is 0 Å². The predicted octanol–water partition coefficient (Wildman–Crippen LogP) is 0.929. The first-order valence-corrected chi connectivity index (χ1v) is 6.91. The minimum Gasteiger partial charge on any atom is -0.464 e. The van der Waals surface area contributed by atoms with E-state index in [0.717, 1.165) is 0 Å². The van der Waals surface area contributed by atoms with E-state index in [1.165, 1.54) is 0 Å². The molecule has 2 unspecified atom stereocenters. The van der Waals surface area contributed by atoms with Crippen LogP contribution in [0.15, 0.2) is 0 Å². The fourth-order valence-corrected chi connectivity index (χ4v) is 2.83. The normalized spacial score (nSPS) is 30.9. The highest BCUT2D eigenvalue weighted by molar-refractivity contribution is 7.49. The van der Waals surface area contributed by atoms with Gasteiger partial charge in [-0.05, 0) is 0 Å². The molecule has 0 spiro atoms. The van der Waals surface area contributed by atoms with Crippen LogP contribution in [0.5, 0.6) is 0 Å². The molecule has 0 saturated carbocycles. The molecule has 18 heavy (non-hydrogen) atoms. The molecule has 0 aromatic rings. The number of phosphoric ester groups is 1. The van der Waals surface area contributed by atoms with Crippen molar-refractivity contribution in [2.75, 3.05) is 13.2 Å². The van der Waals surface area contributed by atoms with Gasteiger partial charge in [-0.3, -0.25) is 9.05 Å². The molecule has 2 aliphatic rings. The summed E-state index contributed by atoms with van der Waals surface area (Å²) in [4.78, 5) is 22.3. The fraction of sp³-hybridized carbons (Fsp3) is 0.750. The van der Waals surface area contributed by atoms with Gasteiger partial charge in [0.25, 0.3) is 0 Å². The molecule has 0 aromatic heterocycles. The average Bonchev–Trinajstić information content (AvgIpc) is 2.90. The summed E-state index contributed by atoms with van der Waals surface area (Å²) in [7, 11) is -4.21. The van der Waals surface area contributed by atoms with E-state index in [1.54, 1.807) is 0 Å². The van der Waals surface area contributed by atoms with Crippen LogP contribution < -0.4 is 0 Å². The van der Waals surface area contributed by atoms with Crippen LogP contribution in [0.3, 0.4) is 0 Å². The second-order valence-electron chi connectivity index (χ2n) is 3.62. The Morgan fingerprint density at radius 2 is 1.50 bits per heavy atom. The van der Waals surface area contributed by atoms with Gasteiger partial charge in [0.15, 0.2) is 12.2 Å². The number of cyclic esters (lactones) is 2. The Kier molecular flexibility index (Phi) is 4.24. The third-order valence-electron chi connectivity index (χ3n) is 2.37. The molecule has 2 fully saturated rings. The molecule has 0 bridgehead atoms. The zero-order valence-electron chi connectivity index (χ0n) is 9.07. The summed E-state index contributed by atoms with van der Waals surface area (Å²) in [5.74, 6) is -1.36. The summed E-state index contributed by atoms with van der Waals surface area (Å²) in [5, 5.41) is 0. The smallest absolute Gasteiger partial charge is 0.464 e. The van der Waals surface area contributed by atoms with Crippen molar-refractivity contribution in [1.82, 2.24) is 0 Å². The lowest BCUT2D eigenvalue weighted by atomic mass is 10.3. The number of hydrogen-bond acceptors (Lipinski definition) is 8. The van der Waals surface area contributed by atoms with Crippen molar-refractivity contribution >= 4 is 31.6 Å². The van der Waals surface area contributed by atoms with Gasteiger partial charge >= 0.3 is 19.8 Å². The van der Waals surface area contributed by atoms with Gasteiger partial charge < -0.3 is 9.47 Å². The van der Waals surface area contributed by atoms with Crippen LogP contribution in [-0.4, -0.2) is 37.4 Å². The predicted molar refractivity (Wildman–Crippen MR) is 55.4 cm³/mol. The molecule has 2 rings (SSSR count). The maximum atomic E-state index is 12.0. The average molecular weight is 301 g/mol. The Hall–Kier alpha value is -0.660. The number of ether oxygens (including phenoxy) is 2. The Labute approximate surface area is 107 Å². The molecule has 0 N–H and O–H groups in total. The second-order valence-corrected chi connectivity index (χ2v) is 5.48. The number of rotatable bonds is 5. The van der Waals surface area contributed by atoms with Crippen LogP contribution in [0.2, 0.25) is 0 Å². The van der Waals surface area contributed by atoms with Gasteiger partial charge in [0.2, 0.25) is 0 Å². The lowest BCUT2D eigenvalue weighted by Crippen LogP contribution is -2.22. The summed E-state index contributed by atoms with van der Waals surface area (Å²) in [5.41, 5.74) is 0. The Morgan fingerprint density at radius 3 is 1.78 bits per heavy atom. The Balaban J connectivity index is 1.98. The maximum absolute atomic E-state index is 12.0. The van der Waals surface area contributed by atoms with Crippen molar-refractivity contribution in [2.45, 2.75) is 25.0 Å². The number of carbonyl (C=O) groups is 2. The zero-order chi connectivity index (χ0) is 13.2. The molecule has 2 aliphatic heterocycles. The Morgan fingerprint density at radius 1 is 1.06 bits per heavy atom. The molecular weight excluding hydrogens is 291 g/mol. The fourth-order valence-electron chi connectivity index (χ4n) is 1.52. The molecule has 0 amide bonds. The highest BCUT2D eigenvalue weighted by Crippen LogP contribution is 2.54. The maximum Gasteiger partial charge on any atom is 0.493 e. The summed E-state index contributed by atoms with van der Waals surface area (Å²) < 4.78 is 35.1. The van der Waals surface area contributed by atoms with Crippen LogP contribution in [0.4, 0.5) is 0 Å². The van der Waals surface area contributed by atoms with Crippen LogP contribution in [-0.2, 0) is 36.8 Å². The van der Waals surface area contributed by atoms with Gasteiger partial charge in [-0.25, -0.2) is 14.2 Å². The summed E-state index contributed by atoms with van der Waals surface area (Å²) >= 11 is 5.04. The molecule has 8 nitrogen and oxygen atoms in total. The van der Waals surface area contributed by atoms with Gasteiger partial charge in [0, 0.05) is 12.8 Å². The van der Waals surface area contributed by atoms with Crippen molar-refractivity contribution in [3.05, 3.63) is 0 Å². The largest absolute Gasteiger partial charge is 0.493 e. The van der Waals surface area contributed by atoms with Crippen molar-refractivity contribution in [1.29, 1.82) is 0 Å². The van der Waals surface area contributed by atoms with Gasteiger partial charge in [0.1, 0.15) is 0 Å². The van der Waals surface area contributed by atoms with Crippen LogP contribution in [0, 0.1) is 0 Å². The molecule has 0 aromatic carbocycles. The number of hydrogen-bond donors (Lipinski definition) is 0. The first kappa shape index (κ1) is 13.8. The number of halogens is 1.